The number of alkyl halides is 1. The Bertz CT molecular complexity index is 2670. The first-order chi connectivity index (χ1) is 34.3. The van der Waals surface area contributed by atoms with Gasteiger partial charge in [0.2, 0.25) is 0 Å². The number of hydrogen-bond acceptors (Lipinski definition) is 12. The molecular weight excluding hydrogens is 1010 g/mol. The van der Waals surface area contributed by atoms with Gasteiger partial charge >= 0.3 is 51.4 Å². The second-order valence-electron chi connectivity index (χ2n) is 17.9. The largest absolute Gasteiger partial charge is 1.00 e. The fourth-order valence-corrected chi connectivity index (χ4v) is 13.0. The quantitative estimate of drug-likeness (QED) is 0.0656. The first-order valence-electron chi connectivity index (χ1n) is 24.2. The van der Waals surface area contributed by atoms with Crippen LogP contribution in [0.15, 0.2) is 144 Å². The third kappa shape index (κ3) is 16.5. The molecule has 2 fully saturated rings. The van der Waals surface area contributed by atoms with E-state index in [0.717, 1.165) is 4.90 Å². The van der Waals surface area contributed by atoms with E-state index in [4.69, 9.17) is 10.8 Å². The molecule has 0 unspecified atom stereocenters. The fourth-order valence-electron chi connectivity index (χ4n) is 9.39. The molecule has 0 aliphatic carbocycles. The van der Waals surface area contributed by atoms with Crippen LogP contribution >= 0.6 is 0 Å². The Morgan fingerprint density at radius 1 is 0.635 bits per heavy atom. The van der Waals surface area contributed by atoms with Gasteiger partial charge < -0.3 is 34.6 Å². The van der Waals surface area contributed by atoms with Gasteiger partial charge in [0.05, 0.1) is 95.9 Å². The molecule has 0 radical (unpaired) electrons. The summed E-state index contributed by atoms with van der Waals surface area (Å²) in [7, 11) is -7.88. The van der Waals surface area contributed by atoms with Crippen LogP contribution in [-0.2, 0) is 29.1 Å². The van der Waals surface area contributed by atoms with Gasteiger partial charge in [-0.25, -0.2) is 16.8 Å². The van der Waals surface area contributed by atoms with Crippen molar-refractivity contribution < 1.29 is 113 Å². The van der Waals surface area contributed by atoms with Crippen molar-refractivity contribution in [1.82, 2.24) is 4.90 Å². The van der Waals surface area contributed by atoms with Gasteiger partial charge in [-0.05, 0) is 73.9 Å². The SMILES string of the molecule is C.C.C=CC[C@@H]1O[C@H](C[C@H](O)CC)[C@H](C)[C@H]1CS(=O)(=O)c1ccccc1.C=CC[C@@H]1O[C@H](C[C@H](O)CN2C(=O)c3ccccc3C2=O)[C@H](C)[C@H]1CS(=O)(=O)c1ccccc1.O=C1[N-]C(=O)c2ccccc21.[2H]CF.[K+]. The van der Waals surface area contributed by atoms with Crippen molar-refractivity contribution in [3.05, 3.63) is 162 Å². The van der Waals surface area contributed by atoms with E-state index in [-0.39, 0.29) is 138 Å². The van der Waals surface area contributed by atoms with Gasteiger partial charge in [-0.1, -0.05) is 121 Å². The summed E-state index contributed by atoms with van der Waals surface area (Å²) >= 11 is 0. The van der Waals surface area contributed by atoms with Gasteiger partial charge in [0.1, 0.15) is 0 Å². The van der Waals surface area contributed by atoms with Crippen LogP contribution in [0.4, 0.5) is 4.39 Å². The number of carbonyl (C=O) groups is 4. The predicted molar refractivity (Wildman–Crippen MR) is 282 cm³/mol. The van der Waals surface area contributed by atoms with E-state index in [1.807, 2.05) is 26.8 Å². The normalized spacial score (nSPS) is 23.4. The van der Waals surface area contributed by atoms with Crippen molar-refractivity contribution in [2.45, 2.75) is 114 Å². The van der Waals surface area contributed by atoms with Crippen molar-refractivity contribution in [2.24, 2.45) is 23.7 Å². The topological polar surface area (TPSA) is 213 Å². The molecule has 0 aromatic heterocycles. The van der Waals surface area contributed by atoms with Crippen molar-refractivity contribution in [3.63, 3.8) is 0 Å². The zero-order valence-corrected chi connectivity index (χ0v) is 45.9. The molecule has 8 rings (SSSR count). The number of fused-ring (bicyclic) bond motifs is 2. The van der Waals surface area contributed by atoms with Crippen LogP contribution in [0.5, 0.6) is 0 Å². The molecule has 4 heterocycles. The van der Waals surface area contributed by atoms with E-state index < -0.39 is 68.8 Å². The third-order valence-electron chi connectivity index (χ3n) is 13.3. The van der Waals surface area contributed by atoms with Crippen molar-refractivity contribution >= 4 is 43.3 Å². The van der Waals surface area contributed by atoms with Gasteiger partial charge in [-0.15, -0.1) is 13.2 Å². The van der Waals surface area contributed by atoms with Crippen molar-refractivity contribution in [3.8, 4) is 0 Å². The van der Waals surface area contributed by atoms with Crippen LogP contribution in [0.3, 0.4) is 0 Å². The Hall–Kier alpha value is -4.05. The van der Waals surface area contributed by atoms with Crippen LogP contribution in [-0.4, -0.2) is 117 Å². The Morgan fingerprint density at radius 2 is 0.973 bits per heavy atom. The predicted octanol–water partition coefficient (Wildman–Crippen LogP) is 6.54. The number of sulfone groups is 2. The number of aliphatic hydroxyl groups excluding tert-OH is 2. The minimum atomic E-state index is -3.52. The number of hydrogen-bond donors (Lipinski definition) is 2. The van der Waals surface area contributed by atoms with Gasteiger partial charge in [0.15, 0.2) is 19.7 Å². The fraction of sp³-hybridized carbons (Fsp3) is 0.429. The molecule has 4 amide bonds. The minimum Gasteiger partial charge on any atom is -0.587 e. The monoisotopic (exact) mass is 1090 g/mol. The molecule has 4 aromatic rings. The summed E-state index contributed by atoms with van der Waals surface area (Å²) in [5.41, 5.74) is 1.50. The molecule has 2 N–H and O–H groups in total. The average Bonchev–Trinajstić information content (AvgIpc) is 4.01. The van der Waals surface area contributed by atoms with Crippen LogP contribution in [0.25, 0.3) is 5.32 Å². The van der Waals surface area contributed by atoms with E-state index in [1.54, 1.807) is 115 Å². The standard InChI is InChI=1S/C26H29NO6S.C19H28O4S.C8H5NO2.CH3F.2CH4.K/c1-3-9-23-22(16-34(31,32)19-10-5-4-6-11-19)17(2)24(33-23)14-18(28)15-27-25(29)20-12-7-8-13-21(20)26(27)30;1-4-9-18-17(14(3)19(23-18)12-15(20)5-2)13-24(21,22)16-10-7-6-8-11-16;10-7-5-3-1-2-4-6(5)8(11)9-7;1-2;;;/h3-8,10-13,17-18,22-24,28H,1,9,14-16H2,2H3;4,6-8,10-11,14-15,17-20H,1,5,9,12-13H2,2-3H3;1-4H,(H,9,10,11);1H3;2*1H4;/q;;;;;;+1/p-1/t17-,18+,22-,23+,24-;14-,15-,17-,18+,19-;;;;;/m11...../s1/i;;;1D;;;. The Kier molecular flexibility index (Phi) is 26.6. The summed E-state index contributed by atoms with van der Waals surface area (Å²) in [6.07, 6.45) is 3.56. The Labute approximate surface area is 481 Å². The molecule has 398 valence electrons. The maximum Gasteiger partial charge on any atom is 1.00 e. The second-order valence-corrected chi connectivity index (χ2v) is 22.0. The number of benzene rings is 4. The summed E-state index contributed by atoms with van der Waals surface area (Å²) in [4.78, 5) is 48.7. The molecule has 10 atom stereocenters. The first kappa shape index (κ1) is 64.2. The Balaban J connectivity index is 0.000000407. The van der Waals surface area contributed by atoms with E-state index in [2.05, 4.69) is 18.5 Å². The molecule has 2 saturated heterocycles. The van der Waals surface area contributed by atoms with Crippen molar-refractivity contribution in [1.29, 1.82) is 0 Å². The molecule has 18 heteroatoms. The van der Waals surface area contributed by atoms with Gasteiger partial charge in [0, 0.05) is 29.4 Å². The Morgan fingerprint density at radius 3 is 1.32 bits per heavy atom. The number of rotatable bonds is 17. The van der Waals surface area contributed by atoms with E-state index in [0.29, 0.717) is 52.8 Å². The third-order valence-corrected chi connectivity index (χ3v) is 17.0. The number of β-amino-alcohol motifs (C(OH)–C–C–N with tert-alkyl or cyclic N) is 1. The van der Waals surface area contributed by atoms with Crippen molar-refractivity contribution in [2.75, 3.05) is 25.2 Å². The van der Waals surface area contributed by atoms with E-state index in [9.17, 15) is 50.6 Å². The number of halogens is 1. The molecule has 0 bridgehead atoms. The average molecular weight is 1090 g/mol. The summed E-state index contributed by atoms with van der Waals surface area (Å²) in [6.45, 7) is 13.3. The zero-order valence-electron chi connectivity index (χ0n) is 42.2. The molecule has 4 aromatic carbocycles. The summed E-state index contributed by atoms with van der Waals surface area (Å²) in [5, 5.41) is 24.0. The van der Waals surface area contributed by atoms with Crippen LogP contribution in [0.2, 0.25) is 0 Å². The smallest absolute Gasteiger partial charge is 0.587 e. The molecule has 4 aliphatic heterocycles. The number of imide groups is 2. The number of nitrogens with zero attached hydrogens (tertiary/aromatic N) is 2. The minimum absolute atomic E-state index is 0. The van der Waals surface area contributed by atoms with Crippen LogP contribution in [0, 0.1) is 23.7 Å². The number of ether oxygens (including phenoxy) is 2. The molecule has 0 saturated carbocycles. The zero-order chi connectivity index (χ0) is 52.8. The maximum atomic E-state index is 13.0. The molecule has 14 nitrogen and oxygen atoms in total. The van der Waals surface area contributed by atoms with E-state index >= 15 is 0 Å². The van der Waals surface area contributed by atoms with Crippen LogP contribution < -0.4 is 51.4 Å². The summed E-state index contributed by atoms with van der Waals surface area (Å²) < 4.78 is 79.3. The maximum absolute atomic E-state index is 13.0. The molecule has 74 heavy (non-hydrogen) atoms. The molecule has 4 aliphatic rings. The van der Waals surface area contributed by atoms with Gasteiger partial charge in [0.25, 0.3) is 11.8 Å². The second kappa shape index (κ2) is 30.6. The van der Waals surface area contributed by atoms with Gasteiger partial charge in [-0.2, -0.15) is 0 Å². The van der Waals surface area contributed by atoms with Gasteiger partial charge in [-0.3, -0.25) is 18.9 Å². The number of aliphatic hydroxyl groups is 2. The van der Waals surface area contributed by atoms with E-state index in [1.165, 1.54) is 0 Å². The molecule has 0 spiro atoms. The first-order valence-corrected chi connectivity index (χ1v) is 26.8. The van der Waals surface area contributed by atoms with Crippen LogP contribution in [0.1, 0.15) is 111 Å². The summed E-state index contributed by atoms with van der Waals surface area (Å²) in [5.74, 6) is -2.14. The number of amides is 4. The summed E-state index contributed by atoms with van der Waals surface area (Å²) in [6, 6.07) is 30.1. The number of carbonyl (C=O) groups excluding carboxylic acids is 4. The molecular formula is C56H72FKN2O12S2.